The van der Waals surface area contributed by atoms with Crippen LogP contribution < -0.4 is 9.47 Å². The third-order valence-corrected chi connectivity index (χ3v) is 3.09. The molecule has 0 aliphatic carbocycles. The van der Waals surface area contributed by atoms with Gasteiger partial charge in [-0.15, -0.1) is 0 Å². The van der Waals surface area contributed by atoms with Crippen LogP contribution in [-0.4, -0.2) is 19.2 Å². The zero-order chi connectivity index (χ0) is 13.8. The molecule has 0 aliphatic heterocycles. The van der Waals surface area contributed by atoms with E-state index in [1.165, 1.54) is 0 Å². The molecule has 0 N–H and O–H groups in total. The van der Waals surface area contributed by atoms with E-state index in [2.05, 4.69) is 24.9 Å². The van der Waals surface area contributed by atoms with E-state index in [9.17, 15) is 0 Å². The lowest BCUT2D eigenvalue weighted by molar-refractivity contribution is 0.397. The average Bonchev–Trinajstić information content (AvgIpc) is 2.46. The Balaban J connectivity index is 2.51. The fraction of sp³-hybridized carbons (Fsp3) is 0.312. The van der Waals surface area contributed by atoms with E-state index in [4.69, 9.17) is 9.47 Å². The van der Waals surface area contributed by atoms with E-state index in [1.807, 2.05) is 30.5 Å². The lowest BCUT2D eigenvalue weighted by Crippen LogP contribution is -1.95. The number of hydrogen-bond acceptors (Lipinski definition) is 3. The molecule has 1 heterocycles. The Hall–Kier alpha value is -2.03. The highest BCUT2D eigenvalue weighted by molar-refractivity contribution is 5.76. The summed E-state index contributed by atoms with van der Waals surface area (Å²) in [7, 11) is 3.32. The fourth-order valence-electron chi connectivity index (χ4n) is 2.03. The van der Waals surface area contributed by atoms with Crippen molar-refractivity contribution in [1.82, 2.24) is 4.98 Å². The van der Waals surface area contributed by atoms with Crippen molar-refractivity contribution in [3.05, 3.63) is 42.2 Å². The van der Waals surface area contributed by atoms with Gasteiger partial charge < -0.3 is 9.47 Å². The molecule has 1 aromatic carbocycles. The van der Waals surface area contributed by atoms with E-state index in [0.29, 0.717) is 5.92 Å². The monoisotopic (exact) mass is 257 g/mol. The van der Waals surface area contributed by atoms with Crippen molar-refractivity contribution in [2.75, 3.05) is 14.2 Å². The zero-order valence-electron chi connectivity index (χ0n) is 11.8. The SMILES string of the molecule is COc1cccc(OC)c1-c1ccc(C(C)C)nc1. The summed E-state index contributed by atoms with van der Waals surface area (Å²) < 4.78 is 10.8. The molecule has 0 unspecified atom stereocenters. The number of methoxy groups -OCH3 is 2. The molecule has 0 aliphatic rings. The van der Waals surface area contributed by atoms with Crippen LogP contribution in [0.1, 0.15) is 25.5 Å². The lowest BCUT2D eigenvalue weighted by atomic mass is 10.0. The van der Waals surface area contributed by atoms with Crippen LogP contribution in [0.15, 0.2) is 36.5 Å². The van der Waals surface area contributed by atoms with Crippen molar-refractivity contribution < 1.29 is 9.47 Å². The highest BCUT2D eigenvalue weighted by atomic mass is 16.5. The van der Waals surface area contributed by atoms with E-state index >= 15 is 0 Å². The molecule has 0 atom stereocenters. The molecule has 0 saturated heterocycles. The highest BCUT2D eigenvalue weighted by Gasteiger charge is 2.12. The molecule has 0 bridgehead atoms. The molecule has 0 saturated carbocycles. The Morgan fingerprint density at radius 3 is 2.00 bits per heavy atom. The third-order valence-electron chi connectivity index (χ3n) is 3.09. The molecule has 2 rings (SSSR count). The molecule has 19 heavy (non-hydrogen) atoms. The highest BCUT2D eigenvalue weighted by Crippen LogP contribution is 2.37. The minimum atomic E-state index is 0.425. The largest absolute Gasteiger partial charge is 0.496 e. The van der Waals surface area contributed by atoms with Gasteiger partial charge in [0.1, 0.15) is 11.5 Å². The predicted octanol–water partition coefficient (Wildman–Crippen LogP) is 3.89. The van der Waals surface area contributed by atoms with Gasteiger partial charge in [0.25, 0.3) is 0 Å². The summed E-state index contributed by atoms with van der Waals surface area (Å²) in [5, 5.41) is 0. The summed E-state index contributed by atoms with van der Waals surface area (Å²) in [6.07, 6.45) is 1.87. The zero-order valence-corrected chi connectivity index (χ0v) is 11.8. The first kappa shape index (κ1) is 13.4. The molecule has 0 radical (unpaired) electrons. The van der Waals surface area contributed by atoms with Gasteiger partial charge in [-0.25, -0.2) is 0 Å². The summed E-state index contributed by atoms with van der Waals surface area (Å²) in [4.78, 5) is 4.49. The van der Waals surface area contributed by atoms with E-state index in [1.54, 1.807) is 14.2 Å². The second-order valence-corrected chi connectivity index (χ2v) is 4.66. The number of benzene rings is 1. The van der Waals surface area contributed by atoms with Crippen molar-refractivity contribution in [1.29, 1.82) is 0 Å². The minimum Gasteiger partial charge on any atom is -0.496 e. The van der Waals surface area contributed by atoms with Gasteiger partial charge >= 0.3 is 0 Å². The Labute approximate surface area is 114 Å². The van der Waals surface area contributed by atoms with Crippen LogP contribution in [0.2, 0.25) is 0 Å². The second kappa shape index (κ2) is 5.74. The van der Waals surface area contributed by atoms with Gasteiger partial charge in [0.05, 0.1) is 19.8 Å². The quantitative estimate of drug-likeness (QED) is 0.832. The first-order chi connectivity index (χ1) is 9.17. The normalized spacial score (nSPS) is 10.6. The number of pyridine rings is 1. The number of ether oxygens (including phenoxy) is 2. The number of nitrogens with zero attached hydrogens (tertiary/aromatic N) is 1. The Kier molecular flexibility index (Phi) is 4.05. The van der Waals surface area contributed by atoms with Crippen molar-refractivity contribution in [2.45, 2.75) is 19.8 Å². The molecular formula is C16H19NO2. The first-order valence-electron chi connectivity index (χ1n) is 6.34. The van der Waals surface area contributed by atoms with Gasteiger partial charge in [-0.1, -0.05) is 26.0 Å². The molecule has 0 spiro atoms. The molecule has 0 fully saturated rings. The van der Waals surface area contributed by atoms with Gasteiger partial charge in [-0.05, 0) is 24.1 Å². The maximum Gasteiger partial charge on any atom is 0.130 e. The van der Waals surface area contributed by atoms with Crippen LogP contribution >= 0.6 is 0 Å². The average molecular weight is 257 g/mol. The molecule has 0 amide bonds. The predicted molar refractivity (Wildman–Crippen MR) is 76.9 cm³/mol. The van der Waals surface area contributed by atoms with Gasteiger partial charge in [-0.3, -0.25) is 4.98 Å². The molecule has 1 aromatic heterocycles. The number of rotatable bonds is 4. The van der Waals surface area contributed by atoms with E-state index in [0.717, 1.165) is 28.3 Å². The van der Waals surface area contributed by atoms with Crippen molar-refractivity contribution in [2.24, 2.45) is 0 Å². The summed E-state index contributed by atoms with van der Waals surface area (Å²) in [5.74, 6) is 2.01. The molecule has 3 heteroatoms. The Morgan fingerprint density at radius 2 is 1.58 bits per heavy atom. The van der Waals surface area contributed by atoms with Gasteiger partial charge in [0.2, 0.25) is 0 Å². The van der Waals surface area contributed by atoms with Crippen LogP contribution in [0.25, 0.3) is 11.1 Å². The Bertz CT molecular complexity index is 525. The lowest BCUT2D eigenvalue weighted by Gasteiger charge is -2.13. The van der Waals surface area contributed by atoms with Crippen LogP contribution in [0.5, 0.6) is 11.5 Å². The molecule has 100 valence electrons. The van der Waals surface area contributed by atoms with Crippen LogP contribution in [0, 0.1) is 0 Å². The van der Waals surface area contributed by atoms with Gasteiger partial charge in [0.15, 0.2) is 0 Å². The molecule has 2 aromatic rings. The standard InChI is InChI=1S/C16H19NO2/c1-11(2)13-9-8-12(10-17-13)16-14(18-3)6-5-7-15(16)19-4/h5-11H,1-4H3. The second-order valence-electron chi connectivity index (χ2n) is 4.66. The maximum absolute atomic E-state index is 5.41. The van der Waals surface area contributed by atoms with E-state index in [-0.39, 0.29) is 0 Å². The van der Waals surface area contributed by atoms with Crippen molar-refractivity contribution >= 4 is 0 Å². The summed E-state index contributed by atoms with van der Waals surface area (Å²) >= 11 is 0. The molecule has 3 nitrogen and oxygen atoms in total. The maximum atomic E-state index is 5.41. The van der Waals surface area contributed by atoms with Crippen molar-refractivity contribution in [3.8, 4) is 22.6 Å². The summed E-state index contributed by atoms with van der Waals surface area (Å²) in [5.41, 5.74) is 3.02. The van der Waals surface area contributed by atoms with Crippen LogP contribution in [0.3, 0.4) is 0 Å². The summed E-state index contributed by atoms with van der Waals surface area (Å²) in [6, 6.07) is 9.87. The summed E-state index contributed by atoms with van der Waals surface area (Å²) in [6.45, 7) is 4.26. The van der Waals surface area contributed by atoms with E-state index < -0.39 is 0 Å². The van der Waals surface area contributed by atoms with Crippen molar-refractivity contribution in [3.63, 3.8) is 0 Å². The number of hydrogen-bond donors (Lipinski definition) is 0. The molecular weight excluding hydrogens is 238 g/mol. The van der Waals surface area contributed by atoms with Crippen LogP contribution in [-0.2, 0) is 0 Å². The van der Waals surface area contributed by atoms with Gasteiger partial charge in [0, 0.05) is 17.5 Å². The topological polar surface area (TPSA) is 31.4 Å². The fourth-order valence-corrected chi connectivity index (χ4v) is 2.03. The first-order valence-corrected chi connectivity index (χ1v) is 6.34. The minimum absolute atomic E-state index is 0.425. The third kappa shape index (κ3) is 2.70. The Morgan fingerprint density at radius 1 is 0.947 bits per heavy atom. The van der Waals surface area contributed by atoms with Crippen LogP contribution in [0.4, 0.5) is 0 Å². The number of aromatic nitrogens is 1. The smallest absolute Gasteiger partial charge is 0.130 e. The van der Waals surface area contributed by atoms with Gasteiger partial charge in [-0.2, -0.15) is 0 Å².